The van der Waals surface area contributed by atoms with Crippen LogP contribution in [0.4, 0.5) is 0 Å². The first-order valence-electron chi connectivity index (χ1n) is 9.61. The molecular formula is C26H16N2S. The monoisotopic (exact) mass is 388 g/mol. The molecule has 0 aliphatic rings. The molecule has 4 aromatic carbocycles. The van der Waals surface area contributed by atoms with Crippen molar-refractivity contribution in [2.24, 2.45) is 0 Å². The molecule has 0 atom stereocenters. The van der Waals surface area contributed by atoms with Gasteiger partial charge in [0, 0.05) is 36.7 Å². The maximum Gasteiger partial charge on any atom is 0.160 e. The quantitative estimate of drug-likeness (QED) is 0.310. The maximum atomic E-state index is 5.00. The molecule has 0 spiro atoms. The van der Waals surface area contributed by atoms with Gasteiger partial charge in [-0.05, 0) is 18.2 Å². The van der Waals surface area contributed by atoms with Gasteiger partial charge in [-0.25, -0.2) is 9.97 Å². The minimum Gasteiger partial charge on any atom is -0.228 e. The Labute approximate surface area is 172 Å². The van der Waals surface area contributed by atoms with Crippen LogP contribution in [-0.4, -0.2) is 9.97 Å². The third kappa shape index (κ3) is 2.71. The third-order valence-electron chi connectivity index (χ3n) is 5.27. The van der Waals surface area contributed by atoms with Gasteiger partial charge >= 0.3 is 0 Å². The van der Waals surface area contributed by atoms with Crippen molar-refractivity contribution in [1.82, 2.24) is 9.97 Å². The fourth-order valence-electron chi connectivity index (χ4n) is 3.88. The second-order valence-corrected chi connectivity index (χ2v) is 8.18. The lowest BCUT2D eigenvalue weighted by molar-refractivity contribution is 1.23. The van der Waals surface area contributed by atoms with Crippen molar-refractivity contribution in [2.75, 3.05) is 0 Å². The van der Waals surface area contributed by atoms with Gasteiger partial charge in [0.1, 0.15) is 0 Å². The van der Waals surface area contributed by atoms with E-state index in [0.717, 1.165) is 33.5 Å². The van der Waals surface area contributed by atoms with Gasteiger partial charge in [0.15, 0.2) is 5.82 Å². The van der Waals surface area contributed by atoms with Crippen LogP contribution in [0.25, 0.3) is 53.7 Å². The maximum absolute atomic E-state index is 5.00. The molecule has 0 bridgehead atoms. The van der Waals surface area contributed by atoms with Crippen molar-refractivity contribution in [1.29, 1.82) is 0 Å². The fraction of sp³-hybridized carbons (Fsp3) is 0. The SMILES string of the molecule is c1ccc(-c2nc(-c3ccccc3)c3cc4sc5ccccc5c4cc3n2)cc1. The van der Waals surface area contributed by atoms with E-state index in [9.17, 15) is 0 Å². The van der Waals surface area contributed by atoms with E-state index in [1.165, 1.54) is 20.2 Å². The highest BCUT2D eigenvalue weighted by Crippen LogP contribution is 2.38. The number of hydrogen-bond donors (Lipinski definition) is 0. The van der Waals surface area contributed by atoms with Gasteiger partial charge < -0.3 is 0 Å². The van der Waals surface area contributed by atoms with Crippen LogP contribution in [0.15, 0.2) is 97.1 Å². The Morgan fingerprint density at radius 2 is 1.21 bits per heavy atom. The highest BCUT2D eigenvalue weighted by atomic mass is 32.1. The summed E-state index contributed by atoms with van der Waals surface area (Å²) in [5.74, 6) is 0.760. The predicted octanol–water partition coefficient (Wildman–Crippen LogP) is 7.33. The molecule has 0 saturated carbocycles. The molecule has 0 N–H and O–H groups in total. The number of hydrogen-bond acceptors (Lipinski definition) is 3. The van der Waals surface area contributed by atoms with E-state index in [1.807, 2.05) is 35.6 Å². The average molecular weight is 388 g/mol. The topological polar surface area (TPSA) is 25.8 Å². The van der Waals surface area contributed by atoms with Crippen molar-refractivity contribution < 1.29 is 0 Å². The van der Waals surface area contributed by atoms with Gasteiger partial charge in [0.2, 0.25) is 0 Å². The molecule has 29 heavy (non-hydrogen) atoms. The average Bonchev–Trinajstić information content (AvgIpc) is 3.15. The number of nitrogens with zero attached hydrogens (tertiary/aromatic N) is 2. The molecule has 2 heterocycles. The van der Waals surface area contributed by atoms with Gasteiger partial charge in [-0.1, -0.05) is 78.9 Å². The minimum absolute atomic E-state index is 0.760. The Morgan fingerprint density at radius 3 is 2.00 bits per heavy atom. The number of thiophene rings is 1. The Bertz CT molecular complexity index is 1490. The van der Waals surface area contributed by atoms with E-state index < -0.39 is 0 Å². The van der Waals surface area contributed by atoms with Gasteiger partial charge in [0.05, 0.1) is 11.2 Å². The predicted molar refractivity (Wildman–Crippen MR) is 123 cm³/mol. The normalized spacial score (nSPS) is 11.4. The fourth-order valence-corrected chi connectivity index (χ4v) is 5.01. The van der Waals surface area contributed by atoms with E-state index in [-0.39, 0.29) is 0 Å². The van der Waals surface area contributed by atoms with Crippen molar-refractivity contribution in [3.63, 3.8) is 0 Å². The molecule has 0 aliphatic carbocycles. The van der Waals surface area contributed by atoms with Crippen LogP contribution in [0.2, 0.25) is 0 Å². The molecule has 0 radical (unpaired) electrons. The summed E-state index contributed by atoms with van der Waals surface area (Å²) in [5.41, 5.74) is 4.10. The summed E-state index contributed by atoms with van der Waals surface area (Å²) >= 11 is 1.83. The van der Waals surface area contributed by atoms with Gasteiger partial charge in [-0.15, -0.1) is 11.3 Å². The highest BCUT2D eigenvalue weighted by molar-refractivity contribution is 7.25. The lowest BCUT2D eigenvalue weighted by Crippen LogP contribution is -1.95. The van der Waals surface area contributed by atoms with E-state index in [0.29, 0.717) is 0 Å². The molecule has 0 amide bonds. The molecule has 3 heteroatoms. The first-order chi connectivity index (χ1) is 14.4. The van der Waals surface area contributed by atoms with E-state index >= 15 is 0 Å². The van der Waals surface area contributed by atoms with Crippen molar-refractivity contribution in [2.45, 2.75) is 0 Å². The van der Waals surface area contributed by atoms with Crippen LogP contribution < -0.4 is 0 Å². The largest absolute Gasteiger partial charge is 0.228 e. The first-order valence-corrected chi connectivity index (χ1v) is 10.4. The van der Waals surface area contributed by atoms with E-state index in [4.69, 9.17) is 9.97 Å². The number of fused-ring (bicyclic) bond motifs is 4. The summed E-state index contributed by atoms with van der Waals surface area (Å²) in [6.07, 6.45) is 0. The zero-order valence-corrected chi connectivity index (χ0v) is 16.4. The van der Waals surface area contributed by atoms with Gasteiger partial charge in [-0.3, -0.25) is 0 Å². The van der Waals surface area contributed by atoms with Crippen LogP contribution >= 0.6 is 11.3 Å². The van der Waals surface area contributed by atoms with Crippen LogP contribution in [0.3, 0.4) is 0 Å². The van der Waals surface area contributed by atoms with E-state index in [1.54, 1.807) is 0 Å². The van der Waals surface area contributed by atoms with Crippen molar-refractivity contribution >= 4 is 42.4 Å². The van der Waals surface area contributed by atoms with Crippen LogP contribution in [-0.2, 0) is 0 Å². The van der Waals surface area contributed by atoms with Crippen LogP contribution in [0.5, 0.6) is 0 Å². The van der Waals surface area contributed by atoms with E-state index in [2.05, 4.69) is 72.8 Å². The molecule has 2 nitrogen and oxygen atoms in total. The summed E-state index contributed by atoms with van der Waals surface area (Å²) < 4.78 is 2.57. The molecule has 6 rings (SSSR count). The molecule has 0 aliphatic heterocycles. The summed E-state index contributed by atoms with van der Waals surface area (Å²) in [4.78, 5) is 9.96. The zero-order chi connectivity index (χ0) is 19.2. The Morgan fingerprint density at radius 1 is 0.517 bits per heavy atom. The van der Waals surface area contributed by atoms with Crippen LogP contribution in [0, 0.1) is 0 Å². The second kappa shape index (κ2) is 6.50. The van der Waals surface area contributed by atoms with Gasteiger partial charge in [-0.2, -0.15) is 0 Å². The molecule has 6 aromatic rings. The number of aromatic nitrogens is 2. The molecular weight excluding hydrogens is 372 g/mol. The molecule has 0 unspecified atom stereocenters. The second-order valence-electron chi connectivity index (χ2n) is 7.09. The number of rotatable bonds is 2. The zero-order valence-electron chi connectivity index (χ0n) is 15.5. The minimum atomic E-state index is 0.760. The van der Waals surface area contributed by atoms with Gasteiger partial charge in [0.25, 0.3) is 0 Å². The lowest BCUT2D eigenvalue weighted by atomic mass is 10.0. The first kappa shape index (κ1) is 16.4. The summed E-state index contributed by atoms with van der Waals surface area (Å²) in [5, 5.41) is 3.64. The molecule has 2 aromatic heterocycles. The Hall–Kier alpha value is -3.56. The van der Waals surface area contributed by atoms with Crippen molar-refractivity contribution in [3.8, 4) is 22.6 Å². The Kier molecular flexibility index (Phi) is 3.68. The molecule has 136 valence electrons. The Balaban J connectivity index is 1.73. The standard InChI is InChI=1S/C26H16N2S/c1-3-9-17(10-4-1)25-21-16-24-20(19-13-7-8-14-23(19)29-24)15-22(21)27-26(28-25)18-11-5-2-6-12-18/h1-16H. The number of benzene rings is 4. The smallest absolute Gasteiger partial charge is 0.160 e. The van der Waals surface area contributed by atoms with Crippen LogP contribution in [0.1, 0.15) is 0 Å². The summed E-state index contributed by atoms with van der Waals surface area (Å²) in [6.45, 7) is 0. The summed E-state index contributed by atoms with van der Waals surface area (Å²) in [6, 6.07) is 33.6. The molecule has 0 saturated heterocycles. The summed E-state index contributed by atoms with van der Waals surface area (Å²) in [7, 11) is 0. The third-order valence-corrected chi connectivity index (χ3v) is 6.41. The lowest BCUT2D eigenvalue weighted by Gasteiger charge is -2.10. The van der Waals surface area contributed by atoms with Crippen molar-refractivity contribution in [3.05, 3.63) is 97.1 Å². The molecule has 0 fully saturated rings. The highest BCUT2D eigenvalue weighted by Gasteiger charge is 2.14.